The number of nitrogens with zero attached hydrogens (tertiary/aromatic N) is 1. The molecule has 28 heavy (non-hydrogen) atoms. The lowest BCUT2D eigenvalue weighted by Crippen LogP contribution is -2.52. The first-order valence-electron chi connectivity index (χ1n) is 9.48. The molecule has 0 saturated heterocycles. The summed E-state index contributed by atoms with van der Waals surface area (Å²) in [6, 6.07) is 14.6. The van der Waals surface area contributed by atoms with E-state index in [0.717, 1.165) is 16.7 Å². The molecule has 2 aromatic carbocycles. The molecule has 0 aliphatic rings. The van der Waals surface area contributed by atoms with Crippen molar-refractivity contribution in [3.63, 3.8) is 0 Å². The lowest BCUT2D eigenvalue weighted by Gasteiger charge is -2.32. The fraction of sp³-hybridized carbons (Fsp3) is 0.391. The average molecular weight is 401 g/mol. The third-order valence-corrected chi connectivity index (χ3v) is 4.94. The van der Waals surface area contributed by atoms with Crippen molar-refractivity contribution in [2.75, 3.05) is 0 Å². The van der Waals surface area contributed by atoms with Gasteiger partial charge in [0.1, 0.15) is 6.04 Å². The standard InChI is InChI=1S/C23H29ClN2O2/c1-16-10-6-7-11-18(16)14-21(27)26(15-19-12-8-9-13-20(19)24)17(2)22(28)25-23(3,4)5/h6-13,17H,14-15H2,1-5H3,(H,25,28)/t17-/m0/s1. The number of amides is 2. The SMILES string of the molecule is Cc1ccccc1CC(=O)N(Cc1ccccc1Cl)[C@@H](C)C(=O)NC(C)(C)C. The zero-order valence-electron chi connectivity index (χ0n) is 17.3. The molecule has 0 saturated carbocycles. The lowest BCUT2D eigenvalue weighted by molar-refractivity contribution is -0.140. The Hall–Kier alpha value is -2.33. The number of carbonyl (C=O) groups excluding carboxylic acids is 2. The number of hydrogen-bond acceptors (Lipinski definition) is 2. The van der Waals surface area contributed by atoms with E-state index in [4.69, 9.17) is 11.6 Å². The van der Waals surface area contributed by atoms with Crippen LogP contribution in [0.2, 0.25) is 5.02 Å². The maximum atomic E-state index is 13.2. The fourth-order valence-electron chi connectivity index (χ4n) is 2.94. The van der Waals surface area contributed by atoms with E-state index >= 15 is 0 Å². The third kappa shape index (κ3) is 6.10. The van der Waals surface area contributed by atoms with Gasteiger partial charge in [0.15, 0.2) is 0 Å². The minimum absolute atomic E-state index is 0.106. The minimum atomic E-state index is -0.619. The quantitative estimate of drug-likeness (QED) is 0.774. The Morgan fingerprint density at radius 3 is 2.18 bits per heavy atom. The summed E-state index contributed by atoms with van der Waals surface area (Å²) in [7, 11) is 0. The summed E-state index contributed by atoms with van der Waals surface area (Å²) in [6.45, 7) is 9.79. The highest BCUT2D eigenvalue weighted by molar-refractivity contribution is 6.31. The van der Waals surface area contributed by atoms with Crippen molar-refractivity contribution in [2.45, 2.75) is 59.2 Å². The van der Waals surface area contributed by atoms with E-state index in [-0.39, 0.29) is 30.3 Å². The van der Waals surface area contributed by atoms with Gasteiger partial charge in [-0.15, -0.1) is 0 Å². The molecule has 0 heterocycles. The van der Waals surface area contributed by atoms with Crippen LogP contribution in [0.25, 0.3) is 0 Å². The average Bonchev–Trinajstić information content (AvgIpc) is 2.61. The molecule has 0 aliphatic heterocycles. The third-order valence-electron chi connectivity index (χ3n) is 4.57. The van der Waals surface area contributed by atoms with Gasteiger partial charge in [-0.05, 0) is 57.4 Å². The zero-order valence-corrected chi connectivity index (χ0v) is 18.0. The molecule has 2 aromatic rings. The predicted molar refractivity (Wildman–Crippen MR) is 114 cm³/mol. The second-order valence-electron chi connectivity index (χ2n) is 8.13. The Morgan fingerprint density at radius 1 is 1.04 bits per heavy atom. The van der Waals surface area contributed by atoms with E-state index < -0.39 is 6.04 Å². The van der Waals surface area contributed by atoms with E-state index in [2.05, 4.69) is 5.32 Å². The first kappa shape index (κ1) is 22.0. The Balaban J connectivity index is 2.29. The molecular weight excluding hydrogens is 372 g/mol. The summed E-state index contributed by atoms with van der Waals surface area (Å²) >= 11 is 6.31. The lowest BCUT2D eigenvalue weighted by atomic mass is 10.0. The summed E-state index contributed by atoms with van der Waals surface area (Å²) in [5.41, 5.74) is 2.46. The van der Waals surface area contributed by atoms with Crippen LogP contribution in [0.4, 0.5) is 0 Å². The summed E-state index contributed by atoms with van der Waals surface area (Å²) in [4.78, 5) is 27.6. The van der Waals surface area contributed by atoms with Crippen LogP contribution in [-0.2, 0) is 22.6 Å². The predicted octanol–water partition coefficient (Wildman–Crippen LogP) is 4.52. The molecule has 1 atom stereocenters. The molecule has 0 aromatic heterocycles. The van der Waals surface area contributed by atoms with Crippen molar-refractivity contribution in [2.24, 2.45) is 0 Å². The normalized spacial score (nSPS) is 12.4. The molecule has 0 radical (unpaired) electrons. The number of halogens is 1. The van der Waals surface area contributed by atoms with Gasteiger partial charge in [0, 0.05) is 17.1 Å². The van der Waals surface area contributed by atoms with Crippen LogP contribution >= 0.6 is 11.6 Å². The fourth-order valence-corrected chi connectivity index (χ4v) is 3.14. The number of aryl methyl sites for hydroxylation is 1. The molecule has 0 aliphatic carbocycles. The topological polar surface area (TPSA) is 49.4 Å². The molecule has 2 amide bonds. The van der Waals surface area contributed by atoms with Crippen LogP contribution < -0.4 is 5.32 Å². The van der Waals surface area contributed by atoms with Crippen molar-refractivity contribution in [1.82, 2.24) is 10.2 Å². The highest BCUT2D eigenvalue weighted by Gasteiger charge is 2.29. The highest BCUT2D eigenvalue weighted by Crippen LogP contribution is 2.20. The molecule has 0 fully saturated rings. The van der Waals surface area contributed by atoms with Crippen molar-refractivity contribution >= 4 is 23.4 Å². The van der Waals surface area contributed by atoms with Crippen molar-refractivity contribution < 1.29 is 9.59 Å². The second kappa shape index (κ2) is 9.24. The number of hydrogen-bond donors (Lipinski definition) is 1. The van der Waals surface area contributed by atoms with Gasteiger partial charge < -0.3 is 10.2 Å². The highest BCUT2D eigenvalue weighted by atomic mass is 35.5. The molecule has 5 heteroatoms. The molecular formula is C23H29ClN2O2. The van der Waals surface area contributed by atoms with E-state index in [1.165, 1.54) is 0 Å². The Bertz CT molecular complexity index is 842. The number of rotatable bonds is 6. The largest absolute Gasteiger partial charge is 0.350 e. The van der Waals surface area contributed by atoms with E-state index in [1.54, 1.807) is 17.9 Å². The summed E-state index contributed by atoms with van der Waals surface area (Å²) < 4.78 is 0. The van der Waals surface area contributed by atoms with Gasteiger partial charge in [0.25, 0.3) is 0 Å². The monoisotopic (exact) mass is 400 g/mol. The second-order valence-corrected chi connectivity index (χ2v) is 8.54. The van der Waals surface area contributed by atoms with Crippen LogP contribution in [0.15, 0.2) is 48.5 Å². The molecule has 0 spiro atoms. The van der Waals surface area contributed by atoms with Gasteiger partial charge in [-0.2, -0.15) is 0 Å². The first-order chi connectivity index (χ1) is 13.1. The molecule has 150 valence electrons. The van der Waals surface area contributed by atoms with Crippen LogP contribution in [-0.4, -0.2) is 28.3 Å². The summed E-state index contributed by atoms with van der Waals surface area (Å²) in [6.07, 6.45) is 0.240. The van der Waals surface area contributed by atoms with E-state index in [1.807, 2.05) is 70.2 Å². The molecule has 4 nitrogen and oxygen atoms in total. The zero-order chi connectivity index (χ0) is 20.9. The summed E-state index contributed by atoms with van der Waals surface area (Å²) in [5, 5.41) is 3.55. The van der Waals surface area contributed by atoms with Crippen molar-refractivity contribution in [3.05, 3.63) is 70.2 Å². The smallest absolute Gasteiger partial charge is 0.242 e. The molecule has 0 bridgehead atoms. The van der Waals surface area contributed by atoms with Gasteiger partial charge in [-0.25, -0.2) is 0 Å². The maximum absolute atomic E-state index is 13.2. The first-order valence-corrected chi connectivity index (χ1v) is 9.85. The van der Waals surface area contributed by atoms with Gasteiger partial charge in [-0.3, -0.25) is 9.59 Å². The summed E-state index contributed by atoms with van der Waals surface area (Å²) in [5.74, 6) is -0.288. The Kier molecular flexibility index (Phi) is 7.25. The van der Waals surface area contributed by atoms with E-state index in [9.17, 15) is 9.59 Å². The minimum Gasteiger partial charge on any atom is -0.350 e. The molecule has 2 rings (SSSR count). The number of carbonyl (C=O) groups is 2. The van der Waals surface area contributed by atoms with Crippen LogP contribution in [0.5, 0.6) is 0 Å². The van der Waals surface area contributed by atoms with Gasteiger partial charge in [-0.1, -0.05) is 54.1 Å². The molecule has 1 N–H and O–H groups in total. The number of benzene rings is 2. The number of nitrogens with one attached hydrogen (secondary N) is 1. The molecule has 0 unspecified atom stereocenters. The van der Waals surface area contributed by atoms with Gasteiger partial charge in [0.2, 0.25) is 11.8 Å². The van der Waals surface area contributed by atoms with Crippen molar-refractivity contribution in [3.8, 4) is 0 Å². The Morgan fingerprint density at radius 2 is 1.61 bits per heavy atom. The van der Waals surface area contributed by atoms with Crippen LogP contribution in [0, 0.1) is 6.92 Å². The van der Waals surface area contributed by atoms with Gasteiger partial charge >= 0.3 is 0 Å². The van der Waals surface area contributed by atoms with Crippen LogP contribution in [0.1, 0.15) is 44.4 Å². The Labute approximate surface area is 172 Å². The van der Waals surface area contributed by atoms with Gasteiger partial charge in [0.05, 0.1) is 6.42 Å². The maximum Gasteiger partial charge on any atom is 0.242 e. The van der Waals surface area contributed by atoms with Crippen LogP contribution in [0.3, 0.4) is 0 Å². The van der Waals surface area contributed by atoms with E-state index in [0.29, 0.717) is 5.02 Å². The van der Waals surface area contributed by atoms with Crippen molar-refractivity contribution in [1.29, 1.82) is 0 Å².